The Morgan fingerprint density at radius 1 is 1.31 bits per heavy atom. The number of alkyl halides is 1. The number of imide groups is 1. The third-order valence-electron chi connectivity index (χ3n) is 2.06. The van der Waals surface area contributed by atoms with Gasteiger partial charge in [0, 0.05) is 6.04 Å². The quantitative estimate of drug-likeness (QED) is 0.721. The minimum Gasteiger partial charge on any atom is -0.335 e. The number of halogens is 1. The van der Waals surface area contributed by atoms with Crippen molar-refractivity contribution in [2.24, 2.45) is 0 Å². The van der Waals surface area contributed by atoms with Gasteiger partial charge in [0.2, 0.25) is 5.91 Å². The van der Waals surface area contributed by atoms with Crippen LogP contribution in [-0.4, -0.2) is 23.3 Å². The van der Waals surface area contributed by atoms with Gasteiger partial charge in [-0.3, -0.25) is 10.1 Å². The zero-order valence-electron chi connectivity index (χ0n) is 7.31. The van der Waals surface area contributed by atoms with Crippen molar-refractivity contribution in [3.8, 4) is 0 Å². The van der Waals surface area contributed by atoms with Crippen LogP contribution in [0.5, 0.6) is 0 Å². The van der Waals surface area contributed by atoms with Crippen molar-refractivity contribution in [3.63, 3.8) is 0 Å². The van der Waals surface area contributed by atoms with Crippen LogP contribution >= 0.6 is 15.9 Å². The minimum absolute atomic E-state index is 0.158. The van der Waals surface area contributed by atoms with E-state index in [-0.39, 0.29) is 23.3 Å². The number of urea groups is 1. The number of hydrogen-bond acceptors (Lipinski definition) is 2. The molecule has 1 rings (SSSR count). The van der Waals surface area contributed by atoms with Crippen molar-refractivity contribution in [3.05, 3.63) is 0 Å². The van der Waals surface area contributed by atoms with E-state index in [2.05, 4.69) is 26.6 Å². The Morgan fingerprint density at radius 3 is 2.46 bits per heavy atom. The molecule has 1 aliphatic carbocycles. The Bertz CT molecular complexity index is 202. The van der Waals surface area contributed by atoms with E-state index in [9.17, 15) is 9.59 Å². The third-order valence-corrected chi connectivity index (χ3v) is 2.57. The summed E-state index contributed by atoms with van der Waals surface area (Å²) in [5.74, 6) is -0.310. The molecular weight excluding hydrogens is 236 g/mol. The summed E-state index contributed by atoms with van der Waals surface area (Å²) in [6.45, 7) is 0. The molecule has 13 heavy (non-hydrogen) atoms. The van der Waals surface area contributed by atoms with Crippen LogP contribution in [0, 0.1) is 0 Å². The normalized spacial score (nSPS) is 17.0. The van der Waals surface area contributed by atoms with E-state index in [1.54, 1.807) is 0 Å². The van der Waals surface area contributed by atoms with Gasteiger partial charge in [-0.1, -0.05) is 28.8 Å². The van der Waals surface area contributed by atoms with Crippen LogP contribution in [0.2, 0.25) is 0 Å². The highest BCUT2D eigenvalue weighted by Gasteiger charge is 2.17. The van der Waals surface area contributed by atoms with Crippen LogP contribution in [0.25, 0.3) is 0 Å². The number of hydrogen-bond donors (Lipinski definition) is 2. The van der Waals surface area contributed by atoms with Crippen LogP contribution in [0.1, 0.15) is 25.7 Å². The number of carbonyl (C=O) groups excluding carboxylic acids is 2. The molecule has 5 heteroatoms. The molecule has 0 spiro atoms. The maximum atomic E-state index is 11.1. The second-order valence-corrected chi connectivity index (χ2v) is 3.70. The molecule has 74 valence electrons. The lowest BCUT2D eigenvalue weighted by atomic mass is 10.3. The van der Waals surface area contributed by atoms with Crippen LogP contribution < -0.4 is 10.6 Å². The summed E-state index contributed by atoms with van der Waals surface area (Å²) in [6, 6.07) is -0.125. The van der Waals surface area contributed by atoms with E-state index < -0.39 is 0 Å². The highest BCUT2D eigenvalue weighted by molar-refractivity contribution is 9.09. The molecule has 0 unspecified atom stereocenters. The molecule has 4 nitrogen and oxygen atoms in total. The maximum Gasteiger partial charge on any atom is 0.321 e. The van der Waals surface area contributed by atoms with Gasteiger partial charge in [-0.25, -0.2) is 4.79 Å². The Balaban J connectivity index is 2.20. The zero-order chi connectivity index (χ0) is 9.68. The summed E-state index contributed by atoms with van der Waals surface area (Å²) in [4.78, 5) is 21.9. The average molecular weight is 249 g/mol. The van der Waals surface area contributed by atoms with E-state index in [0.29, 0.717) is 0 Å². The zero-order valence-corrected chi connectivity index (χ0v) is 8.89. The van der Waals surface area contributed by atoms with Crippen molar-refractivity contribution >= 4 is 27.9 Å². The first kappa shape index (κ1) is 10.5. The molecule has 1 aliphatic rings. The van der Waals surface area contributed by atoms with Crippen molar-refractivity contribution < 1.29 is 9.59 Å². The molecule has 0 bridgehead atoms. The largest absolute Gasteiger partial charge is 0.335 e. The fourth-order valence-electron chi connectivity index (χ4n) is 1.45. The van der Waals surface area contributed by atoms with Gasteiger partial charge in [-0.15, -0.1) is 0 Å². The van der Waals surface area contributed by atoms with Gasteiger partial charge in [0.05, 0.1) is 5.33 Å². The molecule has 0 radical (unpaired) electrons. The van der Waals surface area contributed by atoms with Crippen LogP contribution in [0.3, 0.4) is 0 Å². The molecular formula is C8H13BrN2O2. The second-order valence-electron chi connectivity index (χ2n) is 3.14. The van der Waals surface area contributed by atoms with Crippen molar-refractivity contribution in [1.82, 2.24) is 10.6 Å². The fourth-order valence-corrected chi connectivity index (χ4v) is 1.59. The van der Waals surface area contributed by atoms with E-state index in [1.807, 2.05) is 0 Å². The maximum absolute atomic E-state index is 11.1. The van der Waals surface area contributed by atoms with Crippen molar-refractivity contribution in [1.29, 1.82) is 0 Å². The molecule has 0 heterocycles. The third kappa shape index (κ3) is 3.76. The lowest BCUT2D eigenvalue weighted by Crippen LogP contribution is -2.43. The van der Waals surface area contributed by atoms with Gasteiger partial charge < -0.3 is 5.32 Å². The highest BCUT2D eigenvalue weighted by Crippen LogP contribution is 2.17. The van der Waals surface area contributed by atoms with E-state index in [4.69, 9.17) is 0 Å². The van der Waals surface area contributed by atoms with Crippen LogP contribution in [-0.2, 0) is 4.79 Å². The molecule has 0 aromatic carbocycles. The minimum atomic E-state index is -0.378. The standard InChI is InChI=1S/C8H13BrN2O2/c9-5-7(12)11-8(13)10-6-3-1-2-4-6/h6H,1-5H2,(H2,10,11,12,13). The Kier molecular flexibility index (Phi) is 4.21. The van der Waals surface area contributed by atoms with Crippen LogP contribution in [0.15, 0.2) is 0 Å². The van der Waals surface area contributed by atoms with Crippen molar-refractivity contribution in [2.45, 2.75) is 31.7 Å². The Hall–Kier alpha value is -0.580. The van der Waals surface area contributed by atoms with Gasteiger partial charge in [-0.05, 0) is 12.8 Å². The van der Waals surface area contributed by atoms with Gasteiger partial charge >= 0.3 is 6.03 Å². The molecule has 0 aromatic heterocycles. The topological polar surface area (TPSA) is 58.2 Å². The summed E-state index contributed by atoms with van der Waals surface area (Å²) >= 11 is 2.96. The van der Waals surface area contributed by atoms with Crippen molar-refractivity contribution in [2.75, 3.05) is 5.33 Å². The van der Waals surface area contributed by atoms with Gasteiger partial charge in [-0.2, -0.15) is 0 Å². The summed E-state index contributed by atoms with van der Waals surface area (Å²) in [5, 5.41) is 5.13. The predicted molar refractivity (Wildman–Crippen MR) is 52.7 cm³/mol. The van der Waals surface area contributed by atoms with E-state index >= 15 is 0 Å². The fraction of sp³-hybridized carbons (Fsp3) is 0.750. The first-order valence-electron chi connectivity index (χ1n) is 4.38. The van der Waals surface area contributed by atoms with Gasteiger partial charge in [0.25, 0.3) is 0 Å². The molecule has 0 saturated heterocycles. The van der Waals surface area contributed by atoms with E-state index in [0.717, 1.165) is 25.7 Å². The first-order chi connectivity index (χ1) is 6.22. The monoisotopic (exact) mass is 248 g/mol. The van der Waals surface area contributed by atoms with Crippen LogP contribution in [0.4, 0.5) is 4.79 Å². The number of rotatable bonds is 2. The molecule has 0 aliphatic heterocycles. The molecule has 0 atom stereocenters. The Morgan fingerprint density at radius 2 is 1.92 bits per heavy atom. The number of amides is 3. The smallest absolute Gasteiger partial charge is 0.321 e. The van der Waals surface area contributed by atoms with Gasteiger partial charge in [0.1, 0.15) is 0 Å². The van der Waals surface area contributed by atoms with Gasteiger partial charge in [0.15, 0.2) is 0 Å². The summed E-state index contributed by atoms with van der Waals surface area (Å²) in [6.07, 6.45) is 4.38. The SMILES string of the molecule is O=C(CBr)NC(=O)NC1CCCC1. The average Bonchev–Trinajstić information content (AvgIpc) is 2.56. The number of nitrogens with one attached hydrogen (secondary N) is 2. The Labute approximate surface area is 85.6 Å². The lowest BCUT2D eigenvalue weighted by molar-refractivity contribution is -0.117. The molecule has 3 amide bonds. The molecule has 1 saturated carbocycles. The number of carbonyl (C=O) groups is 2. The molecule has 0 aromatic rings. The summed E-state index contributed by atoms with van der Waals surface area (Å²) in [7, 11) is 0. The highest BCUT2D eigenvalue weighted by atomic mass is 79.9. The molecule has 1 fully saturated rings. The molecule has 2 N–H and O–H groups in total. The predicted octanol–water partition coefficient (Wildman–Crippen LogP) is 1.15. The first-order valence-corrected chi connectivity index (χ1v) is 5.51. The summed E-state index contributed by atoms with van der Waals surface area (Å²) < 4.78 is 0. The summed E-state index contributed by atoms with van der Waals surface area (Å²) in [5.41, 5.74) is 0. The second kappa shape index (κ2) is 5.21. The lowest BCUT2D eigenvalue weighted by Gasteiger charge is -2.11. The van der Waals surface area contributed by atoms with E-state index in [1.165, 1.54) is 0 Å².